The third-order valence-corrected chi connectivity index (χ3v) is 6.28. The Hall–Kier alpha value is -0.670. The molecule has 3 rings (SSSR count). The zero-order valence-corrected chi connectivity index (χ0v) is 14.2. The highest BCUT2D eigenvalue weighted by Crippen LogP contribution is 2.42. The monoisotopic (exact) mass is 320 g/mol. The van der Waals surface area contributed by atoms with E-state index in [0.717, 1.165) is 51.2 Å². The second kappa shape index (κ2) is 7.94. The van der Waals surface area contributed by atoms with E-state index in [0.29, 0.717) is 18.0 Å². The number of nitrogens with two attached hydrogens (primary N) is 1. The van der Waals surface area contributed by atoms with Gasteiger partial charge in [0.15, 0.2) is 0 Å². The number of nitrogens with zero attached hydrogens (tertiary/aromatic N) is 3. The Morgan fingerprint density at radius 3 is 2.61 bits per heavy atom. The molecule has 2 heterocycles. The molecule has 3 aliphatic rings. The largest absolute Gasteiger partial charge is 0.396 e. The zero-order chi connectivity index (χ0) is 16.2. The molecule has 23 heavy (non-hydrogen) atoms. The fourth-order valence-corrected chi connectivity index (χ4v) is 5.06. The average Bonchev–Trinajstić information content (AvgIpc) is 2.92. The average molecular weight is 320 g/mol. The lowest BCUT2D eigenvalue weighted by atomic mass is 9.77. The quantitative estimate of drug-likeness (QED) is 0.795. The Balaban J connectivity index is 1.52. The summed E-state index contributed by atoms with van der Waals surface area (Å²) in [5.74, 6) is 1.48. The van der Waals surface area contributed by atoms with Gasteiger partial charge in [0, 0.05) is 31.8 Å². The van der Waals surface area contributed by atoms with Crippen LogP contribution in [0.25, 0.3) is 0 Å². The Kier molecular flexibility index (Phi) is 5.92. The van der Waals surface area contributed by atoms with Crippen molar-refractivity contribution >= 4 is 0 Å². The summed E-state index contributed by atoms with van der Waals surface area (Å²) < 4.78 is 0. The van der Waals surface area contributed by atoms with E-state index in [1.165, 1.54) is 25.8 Å². The zero-order valence-electron chi connectivity index (χ0n) is 14.2. The van der Waals surface area contributed by atoms with E-state index >= 15 is 0 Å². The fraction of sp³-hybridized carbons (Fsp3) is 0.944. The Labute approximate surface area is 140 Å². The minimum atomic E-state index is 0.0725. The lowest BCUT2D eigenvalue weighted by Gasteiger charge is -2.39. The van der Waals surface area contributed by atoms with Crippen LogP contribution in [0.2, 0.25) is 0 Å². The summed E-state index contributed by atoms with van der Waals surface area (Å²) in [6.45, 7) is 4.66. The molecule has 1 saturated carbocycles. The van der Waals surface area contributed by atoms with Gasteiger partial charge < -0.3 is 15.7 Å². The number of piperidine rings is 1. The van der Waals surface area contributed by atoms with Gasteiger partial charge in [0.25, 0.3) is 0 Å². The fourth-order valence-electron chi connectivity index (χ4n) is 5.06. The standard InChI is InChI=1S/C18H32N4O/c19-12-17-11-15-10-14(13-21-7-4-16(20)5-8-21)2-3-18(15)22(17)6-1-9-23/h14-18,23H,1-11,13,20H2. The first-order valence-electron chi connectivity index (χ1n) is 9.45. The van der Waals surface area contributed by atoms with Gasteiger partial charge in [0.2, 0.25) is 0 Å². The maximum absolute atomic E-state index is 9.46. The number of aliphatic hydroxyl groups excluding tert-OH is 1. The highest BCUT2D eigenvalue weighted by molar-refractivity contribution is 5.05. The topological polar surface area (TPSA) is 76.5 Å². The lowest BCUT2D eigenvalue weighted by molar-refractivity contribution is 0.105. The summed E-state index contributed by atoms with van der Waals surface area (Å²) in [6.07, 6.45) is 7.91. The van der Waals surface area contributed by atoms with Gasteiger partial charge in [0.05, 0.1) is 12.1 Å². The minimum Gasteiger partial charge on any atom is -0.396 e. The number of aliphatic hydroxyl groups is 1. The van der Waals surface area contributed by atoms with E-state index < -0.39 is 0 Å². The first kappa shape index (κ1) is 17.2. The van der Waals surface area contributed by atoms with Crippen molar-refractivity contribution < 1.29 is 5.11 Å². The van der Waals surface area contributed by atoms with Gasteiger partial charge in [-0.25, -0.2) is 0 Å². The molecule has 0 spiro atoms. The molecule has 1 aliphatic carbocycles. The SMILES string of the molecule is N#CC1CC2CC(CN3CCC(N)CC3)CCC2N1CCCO. The third-order valence-electron chi connectivity index (χ3n) is 6.28. The molecule has 0 aromatic heterocycles. The number of nitriles is 1. The van der Waals surface area contributed by atoms with Crippen LogP contribution >= 0.6 is 0 Å². The van der Waals surface area contributed by atoms with Crippen LogP contribution < -0.4 is 5.73 Å². The molecule has 0 amide bonds. The Morgan fingerprint density at radius 1 is 1.13 bits per heavy atom. The number of fused-ring (bicyclic) bond motifs is 1. The first-order chi connectivity index (χ1) is 11.2. The van der Waals surface area contributed by atoms with Crippen molar-refractivity contribution in [3.63, 3.8) is 0 Å². The normalized spacial score (nSPS) is 36.7. The molecule has 4 atom stereocenters. The summed E-state index contributed by atoms with van der Waals surface area (Å²) in [7, 11) is 0. The predicted molar refractivity (Wildman–Crippen MR) is 90.7 cm³/mol. The second-order valence-electron chi connectivity index (χ2n) is 7.84. The molecule has 5 nitrogen and oxygen atoms in total. The van der Waals surface area contributed by atoms with Crippen LogP contribution in [-0.4, -0.2) is 65.8 Å². The number of hydrogen-bond acceptors (Lipinski definition) is 5. The molecule has 0 bridgehead atoms. The second-order valence-corrected chi connectivity index (χ2v) is 7.84. The van der Waals surface area contributed by atoms with Crippen molar-refractivity contribution in [3.05, 3.63) is 0 Å². The van der Waals surface area contributed by atoms with Gasteiger partial charge >= 0.3 is 0 Å². The van der Waals surface area contributed by atoms with Crippen molar-refractivity contribution in [3.8, 4) is 6.07 Å². The molecule has 0 aromatic carbocycles. The summed E-state index contributed by atoms with van der Waals surface area (Å²) in [6, 6.07) is 3.56. The van der Waals surface area contributed by atoms with Crippen LogP contribution in [0.15, 0.2) is 0 Å². The van der Waals surface area contributed by atoms with E-state index in [-0.39, 0.29) is 12.6 Å². The van der Waals surface area contributed by atoms with E-state index in [2.05, 4.69) is 15.9 Å². The van der Waals surface area contributed by atoms with Gasteiger partial charge in [-0.1, -0.05) is 0 Å². The van der Waals surface area contributed by atoms with Crippen LogP contribution in [0, 0.1) is 23.2 Å². The molecular formula is C18H32N4O. The Morgan fingerprint density at radius 2 is 1.91 bits per heavy atom. The Bertz CT molecular complexity index is 416. The summed E-state index contributed by atoms with van der Waals surface area (Å²) >= 11 is 0. The van der Waals surface area contributed by atoms with Crippen LogP contribution in [0.1, 0.15) is 44.9 Å². The lowest BCUT2D eigenvalue weighted by Crippen LogP contribution is -2.44. The van der Waals surface area contributed by atoms with Crippen LogP contribution in [0.4, 0.5) is 0 Å². The molecule has 2 saturated heterocycles. The smallest absolute Gasteiger partial charge is 0.0983 e. The predicted octanol–water partition coefficient (Wildman–Crippen LogP) is 1.17. The molecular weight excluding hydrogens is 288 g/mol. The summed E-state index contributed by atoms with van der Waals surface area (Å²) in [5.41, 5.74) is 6.01. The third kappa shape index (κ3) is 4.06. The number of likely N-dealkylation sites (tertiary alicyclic amines) is 2. The summed E-state index contributed by atoms with van der Waals surface area (Å²) in [4.78, 5) is 4.99. The molecule has 5 heteroatoms. The van der Waals surface area contributed by atoms with Gasteiger partial charge in [-0.3, -0.25) is 4.90 Å². The van der Waals surface area contributed by atoms with Crippen LogP contribution in [0.5, 0.6) is 0 Å². The maximum Gasteiger partial charge on any atom is 0.0983 e. The van der Waals surface area contributed by atoms with Gasteiger partial charge in [0.1, 0.15) is 0 Å². The molecule has 130 valence electrons. The van der Waals surface area contributed by atoms with E-state index in [9.17, 15) is 5.26 Å². The van der Waals surface area contributed by atoms with Crippen molar-refractivity contribution in [1.29, 1.82) is 5.26 Å². The number of rotatable bonds is 5. The van der Waals surface area contributed by atoms with Crippen LogP contribution in [0.3, 0.4) is 0 Å². The maximum atomic E-state index is 9.46. The molecule has 2 aliphatic heterocycles. The van der Waals surface area contributed by atoms with E-state index in [1.807, 2.05) is 0 Å². The first-order valence-corrected chi connectivity index (χ1v) is 9.45. The highest BCUT2D eigenvalue weighted by atomic mass is 16.3. The van der Waals surface area contributed by atoms with Crippen LogP contribution in [-0.2, 0) is 0 Å². The van der Waals surface area contributed by atoms with Gasteiger partial charge in [-0.15, -0.1) is 0 Å². The van der Waals surface area contributed by atoms with E-state index in [4.69, 9.17) is 10.8 Å². The van der Waals surface area contributed by atoms with Crippen molar-refractivity contribution in [1.82, 2.24) is 9.80 Å². The molecule has 3 fully saturated rings. The van der Waals surface area contributed by atoms with E-state index in [1.54, 1.807) is 0 Å². The van der Waals surface area contributed by atoms with Crippen molar-refractivity contribution in [2.24, 2.45) is 17.6 Å². The highest BCUT2D eigenvalue weighted by Gasteiger charge is 2.44. The van der Waals surface area contributed by atoms with Gasteiger partial charge in [-0.2, -0.15) is 5.26 Å². The van der Waals surface area contributed by atoms with Crippen molar-refractivity contribution in [2.75, 3.05) is 32.8 Å². The molecule has 4 unspecified atom stereocenters. The molecule has 3 N–H and O–H groups in total. The number of hydrogen-bond donors (Lipinski definition) is 2. The minimum absolute atomic E-state index is 0.0725. The van der Waals surface area contributed by atoms with Gasteiger partial charge in [-0.05, 0) is 69.9 Å². The molecule has 0 radical (unpaired) electrons. The molecule has 0 aromatic rings. The van der Waals surface area contributed by atoms with Crippen molar-refractivity contribution in [2.45, 2.75) is 63.1 Å². The summed E-state index contributed by atoms with van der Waals surface area (Å²) in [5, 5.41) is 18.6.